The van der Waals surface area contributed by atoms with Crippen molar-refractivity contribution < 1.29 is 14.2 Å². The fourth-order valence-corrected chi connectivity index (χ4v) is 4.01. The normalized spacial score (nSPS) is 14.2. The van der Waals surface area contributed by atoms with Crippen molar-refractivity contribution in [3.63, 3.8) is 0 Å². The Morgan fingerprint density at radius 2 is 1.63 bits per heavy atom. The zero-order valence-corrected chi connectivity index (χ0v) is 18.2. The quantitative estimate of drug-likeness (QED) is 0.449. The third-order valence-corrected chi connectivity index (χ3v) is 5.74. The number of halogens is 1. The van der Waals surface area contributed by atoms with E-state index in [9.17, 15) is 0 Å². The third-order valence-electron chi connectivity index (χ3n) is 5.49. The molecule has 4 rings (SSSR count). The Bertz CT molecular complexity index is 1000. The van der Waals surface area contributed by atoms with E-state index in [-0.39, 0.29) is 0 Å². The minimum atomic E-state index is 0.644. The average molecular weight is 427 g/mol. The van der Waals surface area contributed by atoms with Crippen molar-refractivity contribution in [3.8, 4) is 28.5 Å². The van der Waals surface area contributed by atoms with Crippen molar-refractivity contribution in [2.75, 3.05) is 40.5 Å². The summed E-state index contributed by atoms with van der Waals surface area (Å²) in [7, 11) is 3.26. The lowest BCUT2D eigenvalue weighted by Gasteiger charge is -2.16. The summed E-state index contributed by atoms with van der Waals surface area (Å²) >= 11 is 6.06. The Labute approximate surface area is 182 Å². The number of benzene rings is 2. The van der Waals surface area contributed by atoms with E-state index in [1.54, 1.807) is 14.2 Å². The largest absolute Gasteiger partial charge is 0.493 e. The molecule has 0 N–H and O–H groups in total. The highest BCUT2D eigenvalue weighted by molar-refractivity contribution is 6.30. The number of nitrogens with zero attached hydrogens (tertiary/aromatic N) is 2. The number of ether oxygens (including phenoxy) is 3. The van der Waals surface area contributed by atoms with E-state index in [1.807, 2.05) is 42.5 Å². The van der Waals surface area contributed by atoms with Gasteiger partial charge in [0.1, 0.15) is 5.75 Å². The second-order valence-electron chi connectivity index (χ2n) is 7.49. The van der Waals surface area contributed by atoms with Gasteiger partial charge in [0.05, 0.1) is 32.0 Å². The average Bonchev–Trinajstić information content (AvgIpc) is 3.29. The first-order valence-electron chi connectivity index (χ1n) is 10.4. The maximum Gasteiger partial charge on any atom is 0.162 e. The summed E-state index contributed by atoms with van der Waals surface area (Å²) in [6.07, 6.45) is 3.61. The fourth-order valence-electron chi connectivity index (χ4n) is 3.89. The van der Waals surface area contributed by atoms with Gasteiger partial charge in [0.25, 0.3) is 0 Å². The van der Waals surface area contributed by atoms with Crippen LogP contribution in [-0.2, 0) is 0 Å². The standard InChI is InChI=1S/C24H27ClN2O3/c1-28-23-14-19-21(16-24(23)29-2)26-20(17-6-8-18(25)9-7-17)15-22(19)30-13-5-12-27-10-3-4-11-27/h6-9,14-16H,3-5,10-13H2,1-2H3. The molecule has 0 saturated carbocycles. The molecule has 0 spiro atoms. The predicted octanol–water partition coefficient (Wildman–Crippen LogP) is 5.44. The summed E-state index contributed by atoms with van der Waals surface area (Å²) in [5, 5.41) is 1.61. The highest BCUT2D eigenvalue weighted by atomic mass is 35.5. The monoisotopic (exact) mass is 426 g/mol. The Kier molecular flexibility index (Phi) is 6.60. The molecule has 1 saturated heterocycles. The van der Waals surface area contributed by atoms with Gasteiger partial charge < -0.3 is 19.1 Å². The van der Waals surface area contributed by atoms with Gasteiger partial charge in [-0.3, -0.25) is 0 Å². The molecule has 1 aromatic heterocycles. The first-order chi connectivity index (χ1) is 14.7. The Morgan fingerprint density at radius 1 is 0.933 bits per heavy atom. The number of rotatable bonds is 8. The van der Waals surface area contributed by atoms with Crippen LogP contribution in [0, 0.1) is 0 Å². The fraction of sp³-hybridized carbons (Fsp3) is 0.375. The zero-order valence-electron chi connectivity index (χ0n) is 17.5. The van der Waals surface area contributed by atoms with Crippen LogP contribution in [0.5, 0.6) is 17.2 Å². The van der Waals surface area contributed by atoms with Gasteiger partial charge >= 0.3 is 0 Å². The van der Waals surface area contributed by atoms with Crippen molar-refractivity contribution in [1.29, 1.82) is 0 Å². The van der Waals surface area contributed by atoms with E-state index >= 15 is 0 Å². The molecule has 0 aliphatic carbocycles. The number of aromatic nitrogens is 1. The van der Waals surface area contributed by atoms with Crippen LogP contribution in [0.4, 0.5) is 0 Å². The highest BCUT2D eigenvalue weighted by Gasteiger charge is 2.15. The Morgan fingerprint density at radius 3 is 2.33 bits per heavy atom. The second kappa shape index (κ2) is 9.54. The zero-order chi connectivity index (χ0) is 20.9. The molecule has 3 aromatic rings. The summed E-state index contributed by atoms with van der Waals surface area (Å²) < 4.78 is 17.2. The van der Waals surface area contributed by atoms with Crippen LogP contribution >= 0.6 is 11.6 Å². The minimum absolute atomic E-state index is 0.644. The van der Waals surface area contributed by atoms with E-state index < -0.39 is 0 Å². The van der Waals surface area contributed by atoms with Crippen molar-refractivity contribution in [1.82, 2.24) is 9.88 Å². The van der Waals surface area contributed by atoms with Crippen LogP contribution in [0.25, 0.3) is 22.2 Å². The number of hydrogen-bond acceptors (Lipinski definition) is 5. The topological polar surface area (TPSA) is 43.8 Å². The van der Waals surface area contributed by atoms with Gasteiger partial charge in [-0.1, -0.05) is 23.7 Å². The van der Waals surface area contributed by atoms with Crippen LogP contribution in [0.3, 0.4) is 0 Å². The molecule has 2 aromatic carbocycles. The van der Waals surface area contributed by atoms with E-state index in [0.29, 0.717) is 23.1 Å². The maximum atomic E-state index is 6.25. The highest BCUT2D eigenvalue weighted by Crippen LogP contribution is 2.37. The molecule has 1 fully saturated rings. The van der Waals surface area contributed by atoms with Crippen LogP contribution < -0.4 is 14.2 Å². The smallest absolute Gasteiger partial charge is 0.162 e. The summed E-state index contributed by atoms with van der Waals surface area (Å²) in [6, 6.07) is 13.5. The summed E-state index contributed by atoms with van der Waals surface area (Å²) in [5.41, 5.74) is 2.62. The minimum Gasteiger partial charge on any atom is -0.493 e. The van der Waals surface area contributed by atoms with Gasteiger partial charge in [-0.15, -0.1) is 0 Å². The van der Waals surface area contributed by atoms with Crippen molar-refractivity contribution >= 4 is 22.5 Å². The number of hydrogen-bond donors (Lipinski definition) is 0. The molecule has 30 heavy (non-hydrogen) atoms. The molecule has 5 nitrogen and oxygen atoms in total. The van der Waals surface area contributed by atoms with Gasteiger partial charge in [0, 0.05) is 34.6 Å². The molecular weight excluding hydrogens is 400 g/mol. The van der Waals surface area contributed by atoms with Gasteiger partial charge in [0.2, 0.25) is 0 Å². The molecule has 158 valence electrons. The van der Waals surface area contributed by atoms with E-state index in [1.165, 1.54) is 25.9 Å². The molecule has 0 amide bonds. The molecule has 6 heteroatoms. The van der Waals surface area contributed by atoms with Crippen LogP contribution in [-0.4, -0.2) is 50.3 Å². The summed E-state index contributed by atoms with van der Waals surface area (Å²) in [6.45, 7) is 4.14. The van der Waals surface area contributed by atoms with E-state index in [2.05, 4.69) is 4.90 Å². The maximum absolute atomic E-state index is 6.25. The molecule has 0 bridgehead atoms. The number of likely N-dealkylation sites (tertiary alicyclic amines) is 1. The Hall–Kier alpha value is -2.50. The van der Waals surface area contributed by atoms with Crippen molar-refractivity contribution in [3.05, 3.63) is 47.5 Å². The van der Waals surface area contributed by atoms with Crippen LogP contribution in [0.2, 0.25) is 5.02 Å². The molecule has 1 aliphatic heterocycles. The van der Waals surface area contributed by atoms with Crippen LogP contribution in [0.15, 0.2) is 42.5 Å². The first kappa shape index (κ1) is 20.8. The number of fused-ring (bicyclic) bond motifs is 1. The molecule has 0 atom stereocenters. The van der Waals surface area contributed by atoms with Crippen LogP contribution in [0.1, 0.15) is 19.3 Å². The lowest BCUT2D eigenvalue weighted by Crippen LogP contribution is -2.21. The van der Waals surface area contributed by atoms with Gasteiger partial charge in [-0.05, 0) is 50.6 Å². The van der Waals surface area contributed by atoms with Crippen molar-refractivity contribution in [2.24, 2.45) is 0 Å². The molecule has 0 unspecified atom stereocenters. The summed E-state index contributed by atoms with van der Waals surface area (Å²) in [5.74, 6) is 2.10. The molecule has 0 radical (unpaired) electrons. The molecular formula is C24H27ClN2O3. The predicted molar refractivity (Wildman–Crippen MR) is 121 cm³/mol. The lowest BCUT2D eigenvalue weighted by atomic mass is 10.1. The van der Waals surface area contributed by atoms with Gasteiger partial charge in [-0.2, -0.15) is 0 Å². The Balaban J connectivity index is 1.65. The second-order valence-corrected chi connectivity index (χ2v) is 7.92. The van der Waals surface area contributed by atoms with Crippen molar-refractivity contribution in [2.45, 2.75) is 19.3 Å². The first-order valence-corrected chi connectivity index (χ1v) is 10.7. The van der Waals surface area contributed by atoms with E-state index in [4.69, 9.17) is 30.8 Å². The number of methoxy groups -OCH3 is 2. The lowest BCUT2D eigenvalue weighted by molar-refractivity contribution is 0.265. The van der Waals surface area contributed by atoms with Gasteiger partial charge in [0.15, 0.2) is 11.5 Å². The SMILES string of the molecule is COc1cc2nc(-c3ccc(Cl)cc3)cc(OCCCN3CCCC3)c2cc1OC. The van der Waals surface area contributed by atoms with E-state index in [0.717, 1.165) is 40.9 Å². The van der Waals surface area contributed by atoms with Gasteiger partial charge in [-0.25, -0.2) is 4.98 Å². The summed E-state index contributed by atoms with van der Waals surface area (Å²) in [4.78, 5) is 7.35. The molecule has 1 aliphatic rings. The molecule has 2 heterocycles. The number of pyridine rings is 1. The third kappa shape index (κ3) is 4.63.